The summed E-state index contributed by atoms with van der Waals surface area (Å²) in [5.74, 6) is 0.461. The molecule has 1 aliphatic heterocycles. The Bertz CT molecular complexity index is 921. The monoisotopic (exact) mass is 331 g/mol. The predicted octanol–water partition coefficient (Wildman–Crippen LogP) is 3.55. The minimum Gasteiger partial charge on any atom is -0.497 e. The van der Waals surface area contributed by atoms with Gasteiger partial charge >= 0.3 is 0 Å². The van der Waals surface area contributed by atoms with E-state index in [9.17, 15) is 9.90 Å². The van der Waals surface area contributed by atoms with Crippen LogP contribution >= 0.6 is 0 Å². The van der Waals surface area contributed by atoms with Gasteiger partial charge in [0, 0.05) is 22.4 Å². The number of anilines is 1. The van der Waals surface area contributed by atoms with Crippen molar-refractivity contribution in [2.75, 3.05) is 12.0 Å². The number of nitrogens with zero attached hydrogens (tertiary/aromatic N) is 1. The standard InChI is InChI=1S/C21H17NO3/c1-25-17-13-11-16(12-14-17)22-20(23)18-9-5-6-10-19(18)21(22,24)15-7-3-2-4-8-15/h2-14,24H,1H3. The number of benzene rings is 3. The van der Waals surface area contributed by atoms with Gasteiger partial charge in [-0.1, -0.05) is 48.5 Å². The summed E-state index contributed by atoms with van der Waals surface area (Å²) in [5, 5.41) is 11.7. The van der Waals surface area contributed by atoms with Gasteiger partial charge in [0.2, 0.25) is 0 Å². The summed E-state index contributed by atoms with van der Waals surface area (Å²) in [4.78, 5) is 14.5. The van der Waals surface area contributed by atoms with E-state index in [4.69, 9.17) is 4.74 Å². The molecule has 4 nitrogen and oxygen atoms in total. The lowest BCUT2D eigenvalue weighted by atomic mass is 9.93. The second-order valence-electron chi connectivity index (χ2n) is 5.92. The van der Waals surface area contributed by atoms with E-state index in [0.717, 1.165) is 0 Å². The van der Waals surface area contributed by atoms with Crippen LogP contribution in [0.15, 0.2) is 78.9 Å². The Hall–Kier alpha value is -3.11. The molecule has 1 amide bonds. The Kier molecular flexibility index (Phi) is 3.55. The van der Waals surface area contributed by atoms with Gasteiger partial charge in [-0.25, -0.2) is 0 Å². The van der Waals surface area contributed by atoms with E-state index in [1.54, 1.807) is 49.6 Å². The zero-order valence-electron chi connectivity index (χ0n) is 13.7. The normalized spacial score (nSPS) is 19.0. The quantitative estimate of drug-likeness (QED) is 0.798. The van der Waals surface area contributed by atoms with E-state index in [2.05, 4.69) is 0 Å². The molecule has 0 aliphatic carbocycles. The van der Waals surface area contributed by atoms with E-state index < -0.39 is 5.72 Å². The van der Waals surface area contributed by atoms with Crippen LogP contribution in [-0.2, 0) is 5.72 Å². The summed E-state index contributed by atoms with van der Waals surface area (Å²) >= 11 is 0. The van der Waals surface area contributed by atoms with Gasteiger partial charge in [0.15, 0.2) is 5.72 Å². The Labute approximate surface area is 145 Å². The number of hydrogen-bond acceptors (Lipinski definition) is 3. The zero-order valence-corrected chi connectivity index (χ0v) is 13.7. The van der Waals surface area contributed by atoms with Crippen molar-refractivity contribution in [1.82, 2.24) is 0 Å². The van der Waals surface area contributed by atoms with Gasteiger partial charge in [-0.05, 0) is 30.3 Å². The molecule has 0 spiro atoms. The van der Waals surface area contributed by atoms with Crippen molar-refractivity contribution in [2.24, 2.45) is 0 Å². The first-order chi connectivity index (χ1) is 12.2. The van der Waals surface area contributed by atoms with Crippen molar-refractivity contribution < 1.29 is 14.6 Å². The first-order valence-corrected chi connectivity index (χ1v) is 8.02. The summed E-state index contributed by atoms with van der Waals surface area (Å²) < 4.78 is 5.19. The molecule has 1 unspecified atom stereocenters. The van der Waals surface area contributed by atoms with Gasteiger partial charge < -0.3 is 9.84 Å². The average Bonchev–Trinajstić information content (AvgIpc) is 2.91. The first-order valence-electron chi connectivity index (χ1n) is 8.02. The second kappa shape index (κ2) is 5.76. The van der Waals surface area contributed by atoms with Crippen molar-refractivity contribution in [2.45, 2.75) is 5.72 Å². The Morgan fingerprint density at radius 1 is 0.880 bits per heavy atom. The fourth-order valence-electron chi connectivity index (χ4n) is 3.35. The van der Waals surface area contributed by atoms with Crippen molar-refractivity contribution in [1.29, 1.82) is 0 Å². The lowest BCUT2D eigenvalue weighted by Gasteiger charge is -2.34. The van der Waals surface area contributed by atoms with Gasteiger partial charge in [-0.15, -0.1) is 0 Å². The van der Waals surface area contributed by atoms with E-state index in [0.29, 0.717) is 28.1 Å². The van der Waals surface area contributed by atoms with E-state index in [1.165, 1.54) is 4.90 Å². The van der Waals surface area contributed by atoms with Gasteiger partial charge in [-0.2, -0.15) is 0 Å². The van der Waals surface area contributed by atoms with Crippen LogP contribution < -0.4 is 9.64 Å². The second-order valence-corrected chi connectivity index (χ2v) is 5.92. The third-order valence-corrected chi connectivity index (χ3v) is 4.57. The first kappa shape index (κ1) is 15.4. The van der Waals surface area contributed by atoms with Gasteiger partial charge in [0.05, 0.1) is 7.11 Å². The number of aliphatic hydroxyl groups is 1. The smallest absolute Gasteiger partial charge is 0.261 e. The van der Waals surface area contributed by atoms with E-state index in [1.807, 2.05) is 36.4 Å². The fraction of sp³-hybridized carbons (Fsp3) is 0.0952. The summed E-state index contributed by atoms with van der Waals surface area (Å²) in [6.07, 6.45) is 0. The van der Waals surface area contributed by atoms with Crippen LogP contribution in [0.3, 0.4) is 0 Å². The molecule has 1 atom stereocenters. The number of fused-ring (bicyclic) bond motifs is 1. The van der Waals surface area contributed by atoms with Crippen molar-refractivity contribution in [3.8, 4) is 5.75 Å². The maximum Gasteiger partial charge on any atom is 0.261 e. The van der Waals surface area contributed by atoms with Crippen molar-refractivity contribution in [3.63, 3.8) is 0 Å². The number of methoxy groups -OCH3 is 1. The highest BCUT2D eigenvalue weighted by Crippen LogP contribution is 2.44. The minimum atomic E-state index is -1.55. The highest BCUT2D eigenvalue weighted by Gasteiger charge is 2.50. The third kappa shape index (κ3) is 2.22. The van der Waals surface area contributed by atoms with Crippen LogP contribution in [0.2, 0.25) is 0 Å². The maximum absolute atomic E-state index is 13.1. The van der Waals surface area contributed by atoms with Gasteiger partial charge in [-0.3, -0.25) is 9.69 Å². The number of amides is 1. The zero-order chi connectivity index (χ0) is 17.4. The van der Waals surface area contributed by atoms with E-state index in [-0.39, 0.29) is 5.91 Å². The Morgan fingerprint density at radius 3 is 2.20 bits per heavy atom. The number of rotatable bonds is 3. The molecule has 0 fully saturated rings. The fourth-order valence-corrected chi connectivity index (χ4v) is 3.35. The summed E-state index contributed by atoms with van der Waals surface area (Å²) in [6, 6.07) is 23.5. The van der Waals surface area contributed by atoms with E-state index >= 15 is 0 Å². The molecule has 4 heteroatoms. The molecule has 0 aromatic heterocycles. The largest absolute Gasteiger partial charge is 0.497 e. The number of carbonyl (C=O) groups is 1. The molecular formula is C21H17NO3. The predicted molar refractivity (Wildman–Crippen MR) is 95.7 cm³/mol. The molecule has 3 aromatic rings. The molecule has 1 N–H and O–H groups in total. The molecular weight excluding hydrogens is 314 g/mol. The lowest BCUT2D eigenvalue weighted by Crippen LogP contribution is -2.45. The molecule has 124 valence electrons. The van der Waals surface area contributed by atoms with Crippen LogP contribution in [0.1, 0.15) is 21.5 Å². The minimum absolute atomic E-state index is 0.230. The molecule has 3 aromatic carbocycles. The summed E-state index contributed by atoms with van der Waals surface area (Å²) in [7, 11) is 1.59. The summed E-state index contributed by atoms with van der Waals surface area (Å²) in [6.45, 7) is 0. The molecule has 1 heterocycles. The highest BCUT2D eigenvalue weighted by molar-refractivity contribution is 6.12. The number of ether oxygens (including phenoxy) is 1. The van der Waals surface area contributed by atoms with Crippen LogP contribution in [0.5, 0.6) is 5.75 Å². The molecule has 4 rings (SSSR count). The van der Waals surface area contributed by atoms with Gasteiger partial charge in [0.25, 0.3) is 5.91 Å². The van der Waals surface area contributed by atoms with Crippen LogP contribution in [0, 0.1) is 0 Å². The highest BCUT2D eigenvalue weighted by atomic mass is 16.5. The molecule has 0 radical (unpaired) electrons. The van der Waals surface area contributed by atoms with Crippen molar-refractivity contribution in [3.05, 3.63) is 95.6 Å². The number of carbonyl (C=O) groups excluding carboxylic acids is 1. The summed E-state index contributed by atoms with van der Waals surface area (Å²) in [5.41, 5.74) is 0.785. The molecule has 0 saturated heterocycles. The molecule has 1 aliphatic rings. The van der Waals surface area contributed by atoms with Crippen LogP contribution in [0.4, 0.5) is 5.69 Å². The number of hydrogen-bond donors (Lipinski definition) is 1. The maximum atomic E-state index is 13.1. The van der Waals surface area contributed by atoms with Gasteiger partial charge in [0.1, 0.15) is 5.75 Å². The topological polar surface area (TPSA) is 49.8 Å². The third-order valence-electron chi connectivity index (χ3n) is 4.57. The van der Waals surface area contributed by atoms with Crippen molar-refractivity contribution >= 4 is 11.6 Å². The van der Waals surface area contributed by atoms with Crippen LogP contribution in [-0.4, -0.2) is 18.1 Å². The Balaban J connectivity index is 1.94. The molecule has 0 saturated carbocycles. The lowest BCUT2D eigenvalue weighted by molar-refractivity contribution is 0.0703. The SMILES string of the molecule is COc1ccc(N2C(=O)c3ccccc3C2(O)c2ccccc2)cc1. The van der Waals surface area contributed by atoms with Crippen LogP contribution in [0.25, 0.3) is 0 Å². The molecule has 0 bridgehead atoms. The molecule has 25 heavy (non-hydrogen) atoms. The average molecular weight is 331 g/mol. The Morgan fingerprint density at radius 2 is 1.52 bits per heavy atom.